The molecule has 3 nitrogen and oxygen atoms in total. The molecule has 5 heteroatoms. The van der Waals surface area contributed by atoms with E-state index in [4.69, 9.17) is 5.11 Å². The Bertz CT molecular complexity index is 465. The van der Waals surface area contributed by atoms with Crippen LogP contribution in [0.4, 0.5) is 10.1 Å². The summed E-state index contributed by atoms with van der Waals surface area (Å²) in [6.07, 6.45) is 1.82. The Morgan fingerprint density at radius 1 is 1.59 bits per heavy atom. The molecule has 0 saturated heterocycles. The Morgan fingerprint density at radius 3 is 3.00 bits per heavy atom. The van der Waals surface area contributed by atoms with Gasteiger partial charge in [0.1, 0.15) is 12.4 Å². The minimum atomic E-state index is -0.478. The maximum atomic E-state index is 13.3. The number of thioether (sulfide) groups is 1. The van der Waals surface area contributed by atoms with Gasteiger partial charge in [-0.3, -0.25) is 4.79 Å². The molecular weight excluding hydrogens is 241 g/mol. The van der Waals surface area contributed by atoms with Crippen molar-refractivity contribution in [3.8, 4) is 11.8 Å². The summed E-state index contributed by atoms with van der Waals surface area (Å²) >= 11 is 1.40. The molecule has 0 atom stereocenters. The quantitative estimate of drug-likeness (QED) is 0.802. The topological polar surface area (TPSA) is 49.3 Å². The van der Waals surface area contributed by atoms with Crippen LogP contribution in [0.2, 0.25) is 0 Å². The van der Waals surface area contributed by atoms with Crippen LogP contribution in [-0.4, -0.2) is 29.6 Å². The van der Waals surface area contributed by atoms with Crippen LogP contribution >= 0.6 is 11.8 Å². The van der Waals surface area contributed by atoms with Crippen LogP contribution in [0.3, 0.4) is 0 Å². The van der Waals surface area contributed by atoms with E-state index in [2.05, 4.69) is 17.2 Å². The van der Waals surface area contributed by atoms with Crippen LogP contribution in [0, 0.1) is 17.7 Å². The molecule has 17 heavy (non-hydrogen) atoms. The highest BCUT2D eigenvalue weighted by Crippen LogP contribution is 2.14. The minimum absolute atomic E-state index is 0.148. The van der Waals surface area contributed by atoms with Crippen molar-refractivity contribution in [3.63, 3.8) is 0 Å². The number of aliphatic hydroxyl groups excluding tert-OH is 1. The van der Waals surface area contributed by atoms with Crippen molar-refractivity contribution in [3.05, 3.63) is 29.6 Å². The molecule has 0 aliphatic rings. The fraction of sp³-hybridized carbons (Fsp3) is 0.250. The second-order valence-corrected chi connectivity index (χ2v) is 4.00. The summed E-state index contributed by atoms with van der Waals surface area (Å²) in [5.74, 6) is 4.55. The Labute approximate surface area is 103 Å². The van der Waals surface area contributed by atoms with E-state index in [9.17, 15) is 9.18 Å². The predicted octanol–water partition coefficient (Wildman–Crippen LogP) is 1.47. The van der Waals surface area contributed by atoms with E-state index in [0.717, 1.165) is 0 Å². The number of halogens is 1. The lowest BCUT2D eigenvalue weighted by Crippen LogP contribution is -2.13. The van der Waals surface area contributed by atoms with E-state index < -0.39 is 5.82 Å². The highest BCUT2D eigenvalue weighted by Gasteiger charge is 2.04. The molecule has 0 heterocycles. The van der Waals surface area contributed by atoms with Crippen molar-refractivity contribution in [1.29, 1.82) is 0 Å². The lowest BCUT2D eigenvalue weighted by Gasteiger charge is -2.04. The second-order valence-electron chi connectivity index (χ2n) is 3.14. The van der Waals surface area contributed by atoms with Gasteiger partial charge in [-0.1, -0.05) is 11.8 Å². The summed E-state index contributed by atoms with van der Waals surface area (Å²) in [4.78, 5) is 11.3. The normalized spacial score (nSPS) is 9.35. The molecule has 0 fully saturated rings. The smallest absolute Gasteiger partial charge is 0.234 e. The fourth-order valence-corrected chi connectivity index (χ4v) is 1.50. The van der Waals surface area contributed by atoms with Crippen molar-refractivity contribution in [2.24, 2.45) is 0 Å². The average molecular weight is 253 g/mol. The summed E-state index contributed by atoms with van der Waals surface area (Å²) in [6.45, 7) is -0.331. The Balaban J connectivity index is 2.85. The average Bonchev–Trinajstić information content (AvgIpc) is 2.30. The number of hydrogen-bond acceptors (Lipinski definition) is 3. The predicted molar refractivity (Wildman–Crippen MR) is 67.4 cm³/mol. The van der Waals surface area contributed by atoms with Crippen LogP contribution in [0.1, 0.15) is 5.56 Å². The molecule has 90 valence electrons. The van der Waals surface area contributed by atoms with E-state index in [1.165, 1.54) is 30.0 Å². The third-order valence-corrected chi connectivity index (χ3v) is 2.38. The number of rotatable bonds is 3. The molecule has 0 aliphatic carbocycles. The zero-order chi connectivity index (χ0) is 12.7. The molecule has 0 unspecified atom stereocenters. The van der Waals surface area contributed by atoms with E-state index >= 15 is 0 Å². The van der Waals surface area contributed by atoms with Gasteiger partial charge in [0.25, 0.3) is 0 Å². The molecule has 0 spiro atoms. The van der Waals surface area contributed by atoms with Gasteiger partial charge >= 0.3 is 0 Å². The van der Waals surface area contributed by atoms with Crippen molar-refractivity contribution in [1.82, 2.24) is 0 Å². The Kier molecular flexibility index (Phi) is 5.53. The molecule has 1 rings (SSSR count). The number of carbonyl (C=O) groups is 1. The van der Waals surface area contributed by atoms with Crippen LogP contribution in [0.15, 0.2) is 18.2 Å². The molecule has 2 N–H and O–H groups in total. The maximum Gasteiger partial charge on any atom is 0.234 e. The van der Waals surface area contributed by atoms with Gasteiger partial charge in [-0.05, 0) is 24.5 Å². The van der Waals surface area contributed by atoms with E-state index in [1.54, 1.807) is 0 Å². The fourth-order valence-electron chi connectivity index (χ4n) is 1.16. The number of carbonyl (C=O) groups excluding carboxylic acids is 1. The molecule has 0 aromatic heterocycles. The summed E-state index contributed by atoms with van der Waals surface area (Å²) < 4.78 is 13.3. The highest BCUT2D eigenvalue weighted by atomic mass is 32.2. The zero-order valence-electron chi connectivity index (χ0n) is 9.29. The monoisotopic (exact) mass is 253 g/mol. The minimum Gasteiger partial charge on any atom is -0.384 e. The molecule has 1 aromatic rings. The molecule has 1 amide bonds. The summed E-state index contributed by atoms with van der Waals surface area (Å²) in [6, 6.07) is 4.14. The summed E-state index contributed by atoms with van der Waals surface area (Å²) in [5.41, 5.74) is 0.647. The molecule has 0 radical (unpaired) electrons. The van der Waals surface area contributed by atoms with Crippen LogP contribution in [-0.2, 0) is 4.79 Å². The molecule has 1 aromatic carbocycles. The highest BCUT2D eigenvalue weighted by molar-refractivity contribution is 7.99. The first-order chi connectivity index (χ1) is 8.17. The number of nitrogens with one attached hydrogen (secondary N) is 1. The van der Waals surface area contributed by atoms with Gasteiger partial charge in [-0.25, -0.2) is 4.39 Å². The van der Waals surface area contributed by atoms with Crippen molar-refractivity contribution in [2.75, 3.05) is 23.9 Å². The van der Waals surface area contributed by atoms with Crippen molar-refractivity contribution in [2.45, 2.75) is 0 Å². The van der Waals surface area contributed by atoms with Crippen LogP contribution < -0.4 is 5.32 Å². The maximum absolute atomic E-state index is 13.3. The van der Waals surface area contributed by atoms with Crippen molar-refractivity contribution < 1.29 is 14.3 Å². The van der Waals surface area contributed by atoms with Gasteiger partial charge in [-0.2, -0.15) is 11.8 Å². The van der Waals surface area contributed by atoms with Gasteiger partial charge in [0.15, 0.2) is 0 Å². The second kappa shape index (κ2) is 6.94. The van der Waals surface area contributed by atoms with Crippen LogP contribution in [0.5, 0.6) is 0 Å². The standard InChI is InChI=1S/C12H12FNO2S/c1-17-8-12(16)14-10-4-5-11(13)9(7-10)3-2-6-15/h4-5,7,15H,6,8H2,1H3,(H,14,16). The molecular formula is C12H12FNO2S. The third kappa shape index (κ3) is 4.47. The Morgan fingerprint density at radius 2 is 2.35 bits per heavy atom. The first-order valence-electron chi connectivity index (χ1n) is 4.85. The van der Waals surface area contributed by atoms with Gasteiger partial charge in [0, 0.05) is 5.69 Å². The van der Waals surface area contributed by atoms with E-state index in [0.29, 0.717) is 11.4 Å². The number of amides is 1. The number of hydrogen-bond donors (Lipinski definition) is 2. The molecule has 0 aliphatic heterocycles. The molecule has 0 saturated carbocycles. The molecule has 0 bridgehead atoms. The first kappa shape index (κ1) is 13.6. The summed E-state index contributed by atoms with van der Waals surface area (Å²) in [7, 11) is 0. The SMILES string of the molecule is CSCC(=O)Nc1ccc(F)c(C#CCO)c1. The van der Waals surface area contributed by atoms with Gasteiger partial charge in [0.05, 0.1) is 11.3 Å². The third-order valence-electron chi connectivity index (χ3n) is 1.83. The number of aliphatic hydroxyl groups is 1. The first-order valence-corrected chi connectivity index (χ1v) is 6.25. The van der Waals surface area contributed by atoms with E-state index in [-0.39, 0.29) is 18.1 Å². The zero-order valence-corrected chi connectivity index (χ0v) is 10.1. The van der Waals surface area contributed by atoms with Crippen LogP contribution in [0.25, 0.3) is 0 Å². The largest absolute Gasteiger partial charge is 0.384 e. The van der Waals surface area contributed by atoms with Gasteiger partial charge in [0.2, 0.25) is 5.91 Å². The van der Waals surface area contributed by atoms with E-state index in [1.807, 2.05) is 6.26 Å². The number of anilines is 1. The van der Waals surface area contributed by atoms with Gasteiger partial charge < -0.3 is 10.4 Å². The lowest BCUT2D eigenvalue weighted by molar-refractivity contribution is -0.113. The Hall–Kier alpha value is -1.51. The lowest BCUT2D eigenvalue weighted by atomic mass is 10.2. The summed E-state index contributed by atoms with van der Waals surface area (Å²) in [5, 5.41) is 11.2. The number of benzene rings is 1. The van der Waals surface area contributed by atoms with Crippen molar-refractivity contribution >= 4 is 23.4 Å². The van der Waals surface area contributed by atoms with Gasteiger partial charge in [-0.15, -0.1) is 0 Å².